The van der Waals surface area contributed by atoms with Gasteiger partial charge in [0.2, 0.25) is 5.60 Å². The largest absolute Gasteiger partial charge is 1.00 e. The lowest BCUT2D eigenvalue weighted by atomic mass is 9.85. The van der Waals surface area contributed by atoms with Gasteiger partial charge in [0.25, 0.3) is 0 Å². The maximum Gasteiger partial charge on any atom is 0.348 e. The van der Waals surface area contributed by atoms with Crippen LogP contribution in [0.5, 0.6) is 0 Å². The number of hydrogen-bond acceptors (Lipinski definition) is 3. The second-order valence-electron chi connectivity index (χ2n) is 9.72. The molecule has 3 atom stereocenters. The Balaban J connectivity index is 0.00000259. The van der Waals surface area contributed by atoms with E-state index in [1.165, 1.54) is 43.3 Å². The molecule has 3 saturated heterocycles. The normalized spacial score (nSPS) is 26.5. The van der Waals surface area contributed by atoms with E-state index >= 15 is 0 Å². The lowest BCUT2D eigenvalue weighted by Gasteiger charge is -2.47. The molecule has 3 fully saturated rings. The quantitative estimate of drug-likeness (QED) is 0.355. The molecule has 2 bridgehead atoms. The molecule has 4 nitrogen and oxygen atoms in total. The molecule has 33 heavy (non-hydrogen) atoms. The van der Waals surface area contributed by atoms with Crippen molar-refractivity contribution in [3.63, 3.8) is 0 Å². The smallest absolute Gasteiger partial charge is 0.348 e. The Labute approximate surface area is 208 Å². The standard InChI is InChI=1S/C27H33ClNO3.ClH/c1-20(28)32-27(21-10-4-2-5-11-21,22-12-6-3-7-13-22)26(30)31-25-18-23-14-15-24(19-25)29(23)16-8-9-17-29;/h2-7,10-13,20,23-25H,8-9,14-19H2,1H3;1H/q+1;/p-1. The highest BCUT2D eigenvalue weighted by Gasteiger charge is 2.57. The summed E-state index contributed by atoms with van der Waals surface area (Å²) >= 11 is 6.35. The highest BCUT2D eigenvalue weighted by Crippen LogP contribution is 2.47. The number of esters is 1. The van der Waals surface area contributed by atoms with Crippen molar-refractivity contribution in [1.82, 2.24) is 0 Å². The zero-order chi connectivity index (χ0) is 22.2. The molecule has 0 saturated carbocycles. The predicted molar refractivity (Wildman–Crippen MR) is 125 cm³/mol. The van der Waals surface area contributed by atoms with Crippen LogP contribution in [0.1, 0.15) is 56.6 Å². The van der Waals surface area contributed by atoms with E-state index in [1.807, 2.05) is 60.7 Å². The number of ether oxygens (including phenoxy) is 2. The molecule has 0 aliphatic carbocycles. The highest BCUT2D eigenvalue weighted by molar-refractivity contribution is 6.19. The number of rotatable bonds is 6. The first-order valence-electron chi connectivity index (χ1n) is 12.0. The van der Waals surface area contributed by atoms with E-state index in [-0.39, 0.29) is 24.5 Å². The molecular weight excluding hydrogens is 457 g/mol. The van der Waals surface area contributed by atoms with Crippen molar-refractivity contribution in [2.45, 2.75) is 74.8 Å². The molecule has 178 valence electrons. The summed E-state index contributed by atoms with van der Waals surface area (Å²) in [6.45, 7) is 4.36. The summed E-state index contributed by atoms with van der Waals surface area (Å²) in [5, 5.41) is 0. The van der Waals surface area contributed by atoms with Crippen molar-refractivity contribution in [1.29, 1.82) is 0 Å². The van der Waals surface area contributed by atoms with E-state index in [9.17, 15) is 4.79 Å². The molecule has 0 amide bonds. The van der Waals surface area contributed by atoms with Crippen LogP contribution in [0.15, 0.2) is 60.7 Å². The van der Waals surface area contributed by atoms with Crippen LogP contribution in [0.3, 0.4) is 0 Å². The SMILES string of the molecule is CC(Cl)OC(C(=O)OC1CC2CCC(C1)[N+]21CCCC1)(c1ccccc1)c1ccccc1.[Cl-]. The van der Waals surface area contributed by atoms with Crippen LogP contribution < -0.4 is 12.4 Å². The van der Waals surface area contributed by atoms with Crippen molar-refractivity contribution >= 4 is 17.6 Å². The van der Waals surface area contributed by atoms with Crippen LogP contribution in [0, 0.1) is 0 Å². The van der Waals surface area contributed by atoms with E-state index in [0.717, 1.165) is 24.0 Å². The minimum atomic E-state index is -1.39. The van der Waals surface area contributed by atoms with Gasteiger partial charge in [-0.3, -0.25) is 0 Å². The van der Waals surface area contributed by atoms with Crippen LogP contribution in [-0.2, 0) is 19.9 Å². The van der Waals surface area contributed by atoms with Crippen LogP contribution in [0.25, 0.3) is 0 Å². The van der Waals surface area contributed by atoms with Crippen molar-refractivity contribution in [2.24, 2.45) is 0 Å². The Kier molecular flexibility index (Phi) is 7.40. The molecule has 0 N–H and O–H groups in total. The molecular formula is C27H33Cl2NO3. The monoisotopic (exact) mass is 489 g/mol. The third-order valence-corrected chi connectivity index (χ3v) is 8.11. The third kappa shape index (κ3) is 4.32. The van der Waals surface area contributed by atoms with Gasteiger partial charge >= 0.3 is 5.97 Å². The van der Waals surface area contributed by atoms with Crippen LogP contribution in [0.4, 0.5) is 0 Å². The maximum absolute atomic E-state index is 14.0. The number of quaternary nitrogens is 1. The Hall–Kier alpha value is -1.59. The average Bonchev–Trinajstić information content (AvgIpc) is 3.35. The molecule has 3 heterocycles. The summed E-state index contributed by atoms with van der Waals surface area (Å²) in [5.41, 5.74) is -0.569. The number of hydrogen-bond donors (Lipinski definition) is 0. The fourth-order valence-corrected chi connectivity index (χ4v) is 6.85. The molecule has 6 heteroatoms. The first kappa shape index (κ1) is 24.5. The first-order valence-corrected chi connectivity index (χ1v) is 12.5. The Morgan fingerprint density at radius 1 is 0.939 bits per heavy atom. The average molecular weight is 490 g/mol. The number of piperidine rings is 1. The first-order chi connectivity index (χ1) is 15.5. The van der Waals surface area contributed by atoms with Crippen molar-refractivity contribution < 1.29 is 31.2 Å². The zero-order valence-electron chi connectivity index (χ0n) is 19.2. The molecule has 2 aromatic carbocycles. The fourth-order valence-electron chi connectivity index (χ4n) is 6.72. The van der Waals surface area contributed by atoms with Crippen LogP contribution in [0.2, 0.25) is 0 Å². The maximum atomic E-state index is 14.0. The summed E-state index contributed by atoms with van der Waals surface area (Å²) in [5.74, 6) is -0.360. The van der Waals surface area contributed by atoms with Gasteiger partial charge in [-0.25, -0.2) is 4.79 Å². The van der Waals surface area contributed by atoms with Gasteiger partial charge < -0.3 is 26.4 Å². The van der Waals surface area contributed by atoms with E-state index in [1.54, 1.807) is 6.92 Å². The lowest BCUT2D eigenvalue weighted by molar-refractivity contribution is -0.956. The topological polar surface area (TPSA) is 35.5 Å². The molecule has 3 aliphatic heterocycles. The third-order valence-electron chi connectivity index (χ3n) is 8.02. The summed E-state index contributed by atoms with van der Waals surface area (Å²) in [7, 11) is 0. The van der Waals surface area contributed by atoms with Crippen LogP contribution in [-0.4, -0.2) is 47.3 Å². The van der Waals surface area contributed by atoms with E-state index in [4.69, 9.17) is 21.1 Å². The number of alkyl halides is 1. The Morgan fingerprint density at radius 2 is 1.42 bits per heavy atom. The molecule has 3 aliphatic rings. The van der Waals surface area contributed by atoms with Gasteiger partial charge in [-0.05, 0) is 18.1 Å². The van der Waals surface area contributed by atoms with Gasteiger partial charge in [-0.15, -0.1) is 0 Å². The number of carbonyl (C=O) groups excluding carboxylic acids is 1. The molecule has 5 rings (SSSR count). The van der Waals surface area contributed by atoms with E-state index in [2.05, 4.69) is 0 Å². The number of carbonyl (C=O) groups is 1. The van der Waals surface area contributed by atoms with Gasteiger partial charge in [-0.2, -0.15) is 0 Å². The highest BCUT2D eigenvalue weighted by atomic mass is 35.5. The molecule has 3 unspecified atom stereocenters. The number of benzene rings is 2. The molecule has 0 aromatic heterocycles. The minimum absolute atomic E-state index is 0. The Bertz CT molecular complexity index is 875. The van der Waals surface area contributed by atoms with Gasteiger partial charge in [0, 0.05) is 38.5 Å². The van der Waals surface area contributed by atoms with E-state index in [0.29, 0.717) is 12.1 Å². The fraction of sp³-hybridized carbons (Fsp3) is 0.519. The minimum Gasteiger partial charge on any atom is -1.00 e. The summed E-state index contributed by atoms with van der Waals surface area (Å²) in [4.78, 5) is 14.0. The van der Waals surface area contributed by atoms with Crippen molar-refractivity contribution in [3.8, 4) is 0 Å². The predicted octanol–water partition coefficient (Wildman–Crippen LogP) is 2.38. The second kappa shape index (κ2) is 9.95. The number of halogens is 2. The van der Waals surface area contributed by atoms with Crippen molar-refractivity contribution in [3.05, 3.63) is 71.8 Å². The summed E-state index contributed by atoms with van der Waals surface area (Å²) in [6.07, 6.45) is 7.04. The summed E-state index contributed by atoms with van der Waals surface area (Å²) in [6, 6.07) is 20.5. The van der Waals surface area contributed by atoms with Gasteiger partial charge in [0.15, 0.2) is 0 Å². The number of nitrogens with zero attached hydrogens (tertiary/aromatic N) is 1. The zero-order valence-corrected chi connectivity index (χ0v) is 20.7. The van der Waals surface area contributed by atoms with Gasteiger partial charge in [-0.1, -0.05) is 72.3 Å². The Morgan fingerprint density at radius 3 is 1.88 bits per heavy atom. The summed E-state index contributed by atoms with van der Waals surface area (Å²) < 4.78 is 13.9. The van der Waals surface area contributed by atoms with Gasteiger partial charge in [0.1, 0.15) is 11.7 Å². The molecule has 2 aromatic rings. The second-order valence-corrected chi connectivity index (χ2v) is 10.3. The van der Waals surface area contributed by atoms with Crippen LogP contribution >= 0.6 is 11.6 Å². The molecule has 0 radical (unpaired) electrons. The van der Waals surface area contributed by atoms with Crippen molar-refractivity contribution in [2.75, 3.05) is 13.1 Å². The van der Waals surface area contributed by atoms with Gasteiger partial charge in [0.05, 0.1) is 25.2 Å². The van der Waals surface area contributed by atoms with E-state index < -0.39 is 11.2 Å². The lowest BCUT2D eigenvalue weighted by Crippen LogP contribution is -3.00. The molecule has 1 spiro atoms.